The third-order valence-corrected chi connectivity index (χ3v) is 4.36. The number of rotatable bonds is 9. The molecule has 0 aliphatic rings. The predicted molar refractivity (Wildman–Crippen MR) is 96.8 cm³/mol. The summed E-state index contributed by atoms with van der Waals surface area (Å²) in [6, 6.07) is 3.99. The second kappa shape index (κ2) is 10.8. The maximum absolute atomic E-state index is 12.2. The number of carbonyl (C=O) groups is 2. The summed E-state index contributed by atoms with van der Waals surface area (Å²) in [6.07, 6.45) is -0.921. The monoisotopic (exact) mass is 371 g/mol. The van der Waals surface area contributed by atoms with Crippen molar-refractivity contribution in [3.05, 3.63) is 23.8 Å². The standard InChI is InChI=1S/C16H25N3O5S/c1-4-25-8-7-12(17)14(20)16(22)19-18-15(21)11-9-10(23-2)5-6-13(11)24-3/h5-6,9,12,14,20H,4,7-8,17H2,1-3H3,(H,18,21)(H,19,22)/t12-,14-/m1/s1. The number of aliphatic hydroxyl groups excluding tert-OH is 1. The molecule has 1 aromatic carbocycles. The fraction of sp³-hybridized carbons (Fsp3) is 0.500. The first-order valence-electron chi connectivity index (χ1n) is 7.78. The molecule has 2 atom stereocenters. The van der Waals surface area contributed by atoms with Crippen LogP contribution in [0, 0.1) is 0 Å². The number of aliphatic hydroxyl groups is 1. The Labute approximate surface area is 151 Å². The van der Waals surface area contributed by atoms with Crippen molar-refractivity contribution >= 4 is 23.6 Å². The van der Waals surface area contributed by atoms with Crippen molar-refractivity contribution in [2.24, 2.45) is 5.73 Å². The van der Waals surface area contributed by atoms with Crippen LogP contribution in [0.1, 0.15) is 23.7 Å². The van der Waals surface area contributed by atoms with Gasteiger partial charge in [-0.15, -0.1) is 0 Å². The van der Waals surface area contributed by atoms with Crippen molar-refractivity contribution in [2.45, 2.75) is 25.5 Å². The van der Waals surface area contributed by atoms with E-state index < -0.39 is 24.0 Å². The lowest BCUT2D eigenvalue weighted by atomic mass is 10.1. The summed E-state index contributed by atoms with van der Waals surface area (Å²) in [5, 5.41) is 9.91. The quantitative estimate of drug-likeness (QED) is 0.363. The van der Waals surface area contributed by atoms with Crippen molar-refractivity contribution in [3.63, 3.8) is 0 Å². The van der Waals surface area contributed by atoms with Crippen LogP contribution in [-0.2, 0) is 4.79 Å². The van der Waals surface area contributed by atoms with Crippen LogP contribution >= 0.6 is 11.8 Å². The average Bonchev–Trinajstić information content (AvgIpc) is 2.64. The van der Waals surface area contributed by atoms with Gasteiger partial charge in [-0.1, -0.05) is 6.92 Å². The Morgan fingerprint density at radius 1 is 1.28 bits per heavy atom. The molecule has 0 aliphatic carbocycles. The molecule has 0 spiro atoms. The number of hydrogen-bond acceptors (Lipinski definition) is 7. The van der Waals surface area contributed by atoms with Crippen molar-refractivity contribution in [3.8, 4) is 11.5 Å². The molecular weight excluding hydrogens is 346 g/mol. The van der Waals surface area contributed by atoms with E-state index in [1.807, 2.05) is 6.92 Å². The summed E-state index contributed by atoms with van der Waals surface area (Å²) in [4.78, 5) is 24.1. The van der Waals surface area contributed by atoms with Crippen LogP contribution < -0.4 is 26.1 Å². The molecule has 0 aliphatic heterocycles. The topological polar surface area (TPSA) is 123 Å². The molecule has 5 N–H and O–H groups in total. The number of thioether (sulfide) groups is 1. The number of ether oxygens (including phenoxy) is 2. The third-order valence-electron chi connectivity index (χ3n) is 3.42. The highest BCUT2D eigenvalue weighted by Gasteiger charge is 2.23. The van der Waals surface area contributed by atoms with Gasteiger partial charge in [0.1, 0.15) is 17.6 Å². The Morgan fingerprint density at radius 3 is 2.60 bits per heavy atom. The highest BCUT2D eigenvalue weighted by Crippen LogP contribution is 2.23. The largest absolute Gasteiger partial charge is 0.497 e. The fourth-order valence-corrected chi connectivity index (χ4v) is 2.69. The minimum absolute atomic E-state index is 0.181. The highest BCUT2D eigenvalue weighted by atomic mass is 32.2. The van der Waals surface area contributed by atoms with Gasteiger partial charge in [0, 0.05) is 6.04 Å². The molecule has 0 bridgehead atoms. The summed E-state index contributed by atoms with van der Waals surface area (Å²) in [5.74, 6) is 1.09. The van der Waals surface area contributed by atoms with Gasteiger partial charge in [-0.05, 0) is 36.1 Å². The van der Waals surface area contributed by atoms with E-state index in [0.717, 1.165) is 11.5 Å². The first kappa shape index (κ1) is 21.1. The number of methoxy groups -OCH3 is 2. The molecule has 0 saturated carbocycles. The van der Waals surface area contributed by atoms with Crippen LogP contribution in [0.5, 0.6) is 11.5 Å². The van der Waals surface area contributed by atoms with Crippen LogP contribution in [0.25, 0.3) is 0 Å². The predicted octanol–water partition coefficient (Wildman–Crippen LogP) is 0.296. The summed E-state index contributed by atoms with van der Waals surface area (Å²) < 4.78 is 10.2. The Kier molecular flexibility index (Phi) is 9.11. The van der Waals surface area contributed by atoms with Gasteiger partial charge in [0.25, 0.3) is 11.8 Å². The van der Waals surface area contributed by atoms with E-state index in [4.69, 9.17) is 15.2 Å². The molecule has 0 saturated heterocycles. The molecule has 0 aromatic heterocycles. The van der Waals surface area contributed by atoms with Crippen LogP contribution in [0.2, 0.25) is 0 Å². The normalized spacial score (nSPS) is 12.8. The zero-order valence-electron chi connectivity index (χ0n) is 14.6. The average molecular weight is 371 g/mol. The van der Waals surface area contributed by atoms with Gasteiger partial charge >= 0.3 is 0 Å². The second-order valence-corrected chi connectivity index (χ2v) is 6.50. The highest BCUT2D eigenvalue weighted by molar-refractivity contribution is 7.99. The molecule has 8 nitrogen and oxygen atoms in total. The third kappa shape index (κ3) is 6.45. The van der Waals surface area contributed by atoms with E-state index in [1.54, 1.807) is 23.9 Å². The van der Waals surface area contributed by atoms with E-state index in [0.29, 0.717) is 17.9 Å². The summed E-state index contributed by atoms with van der Waals surface area (Å²) in [7, 11) is 2.90. The number of nitrogens with two attached hydrogens (primary N) is 1. The Morgan fingerprint density at radius 2 is 2.00 bits per heavy atom. The number of nitrogens with one attached hydrogen (secondary N) is 2. The van der Waals surface area contributed by atoms with Crippen molar-refractivity contribution < 1.29 is 24.2 Å². The van der Waals surface area contributed by atoms with Gasteiger partial charge in [0.05, 0.1) is 19.8 Å². The second-order valence-electron chi connectivity index (χ2n) is 5.10. The SMILES string of the molecule is CCSCC[C@@H](N)[C@@H](O)C(=O)NNC(=O)c1cc(OC)ccc1OC. The molecule has 0 radical (unpaired) electrons. The van der Waals surface area contributed by atoms with Crippen LogP contribution in [0.15, 0.2) is 18.2 Å². The Bertz CT molecular complexity index is 585. The lowest BCUT2D eigenvalue weighted by molar-refractivity contribution is -0.131. The summed E-state index contributed by atoms with van der Waals surface area (Å²) in [5.41, 5.74) is 10.4. The first-order valence-corrected chi connectivity index (χ1v) is 8.93. The summed E-state index contributed by atoms with van der Waals surface area (Å²) >= 11 is 1.67. The summed E-state index contributed by atoms with van der Waals surface area (Å²) in [6.45, 7) is 2.02. The minimum atomic E-state index is -1.41. The molecule has 0 unspecified atom stereocenters. The van der Waals surface area contributed by atoms with E-state index in [9.17, 15) is 14.7 Å². The maximum Gasteiger partial charge on any atom is 0.273 e. The molecule has 0 heterocycles. The number of amides is 2. The van der Waals surface area contributed by atoms with Gasteiger partial charge in [0.2, 0.25) is 0 Å². The number of hydrazine groups is 1. The number of hydrogen-bond donors (Lipinski definition) is 4. The first-order chi connectivity index (χ1) is 11.9. The molecule has 1 rings (SSSR count). The zero-order chi connectivity index (χ0) is 18.8. The minimum Gasteiger partial charge on any atom is -0.497 e. The van der Waals surface area contributed by atoms with Crippen molar-refractivity contribution in [1.29, 1.82) is 0 Å². The van der Waals surface area contributed by atoms with Crippen LogP contribution in [0.3, 0.4) is 0 Å². The molecule has 0 fully saturated rings. The van der Waals surface area contributed by atoms with Gasteiger partial charge in [0.15, 0.2) is 0 Å². The van der Waals surface area contributed by atoms with E-state index in [1.165, 1.54) is 20.3 Å². The molecule has 9 heteroatoms. The van der Waals surface area contributed by atoms with Crippen molar-refractivity contribution in [1.82, 2.24) is 10.9 Å². The van der Waals surface area contributed by atoms with Crippen LogP contribution in [-0.4, -0.2) is 54.8 Å². The van der Waals surface area contributed by atoms with E-state index >= 15 is 0 Å². The molecule has 2 amide bonds. The van der Waals surface area contributed by atoms with Gasteiger partial charge in [-0.3, -0.25) is 20.4 Å². The Balaban J connectivity index is 2.62. The fourth-order valence-electron chi connectivity index (χ4n) is 1.97. The maximum atomic E-state index is 12.2. The molecule has 1 aromatic rings. The van der Waals surface area contributed by atoms with Gasteiger partial charge in [-0.2, -0.15) is 11.8 Å². The lowest BCUT2D eigenvalue weighted by Crippen LogP contribution is -2.52. The van der Waals surface area contributed by atoms with E-state index in [2.05, 4.69) is 10.9 Å². The van der Waals surface area contributed by atoms with Gasteiger partial charge < -0.3 is 20.3 Å². The Hall–Kier alpha value is -1.97. The number of benzene rings is 1. The lowest BCUT2D eigenvalue weighted by Gasteiger charge is -2.18. The van der Waals surface area contributed by atoms with Gasteiger partial charge in [-0.25, -0.2) is 0 Å². The van der Waals surface area contributed by atoms with Crippen molar-refractivity contribution in [2.75, 3.05) is 25.7 Å². The molecular formula is C16H25N3O5S. The number of carbonyl (C=O) groups excluding carboxylic acids is 2. The van der Waals surface area contributed by atoms with E-state index in [-0.39, 0.29) is 5.56 Å². The molecule has 140 valence electrons. The zero-order valence-corrected chi connectivity index (χ0v) is 15.4. The molecule has 25 heavy (non-hydrogen) atoms. The smallest absolute Gasteiger partial charge is 0.273 e. The van der Waals surface area contributed by atoms with Crippen LogP contribution in [0.4, 0.5) is 0 Å².